The first-order valence-electron chi connectivity index (χ1n) is 16.1. The molecule has 0 heterocycles. The van der Waals surface area contributed by atoms with E-state index in [-0.39, 0.29) is 24.7 Å². The molecule has 0 fully saturated rings. The Balaban J connectivity index is 1.59. The number of hydrogen-bond donors (Lipinski definition) is 0. The molecule has 0 aliphatic rings. The van der Waals surface area contributed by atoms with Gasteiger partial charge in [0.15, 0.2) is 12.6 Å². The van der Waals surface area contributed by atoms with E-state index in [1.807, 2.05) is 98.8 Å². The van der Waals surface area contributed by atoms with Gasteiger partial charge in [-0.25, -0.2) is 0 Å². The van der Waals surface area contributed by atoms with Crippen LogP contribution in [0.15, 0.2) is 109 Å². The monoisotopic (exact) mass is 637 g/mol. The summed E-state index contributed by atoms with van der Waals surface area (Å²) in [6, 6.07) is 33.9. The molecule has 0 saturated heterocycles. The van der Waals surface area contributed by atoms with Crippen LogP contribution in [-0.2, 0) is 25.5 Å². The van der Waals surface area contributed by atoms with Crippen LogP contribution in [-0.4, -0.2) is 36.2 Å². The zero-order chi connectivity index (χ0) is 33.6. The van der Waals surface area contributed by atoms with Gasteiger partial charge in [0, 0.05) is 24.5 Å². The standard InChI is InChI=1S/C39H43NO7/c1-4-24-39(25-23-29-13-8-6-9-14-29,47-28-46-34-21-19-31(20-22-34)30-15-10-7-11-16-30)27-36(41)37(38(42)45-3)35(5-2)32-17-12-18-33(26-32)40(43)44/h6-22,26,35,37H,4-5,23-25,27-28H2,1-3H3. The lowest BCUT2D eigenvalue weighted by Gasteiger charge is -2.35. The molecule has 0 radical (unpaired) electrons. The average molecular weight is 638 g/mol. The number of benzene rings is 4. The Morgan fingerprint density at radius 1 is 0.830 bits per heavy atom. The molecule has 0 amide bonds. The Kier molecular flexibility index (Phi) is 12.8. The highest BCUT2D eigenvalue weighted by Crippen LogP contribution is 2.37. The van der Waals surface area contributed by atoms with Crippen LogP contribution in [0.3, 0.4) is 0 Å². The quantitative estimate of drug-likeness (QED) is 0.0353. The van der Waals surface area contributed by atoms with Crippen LogP contribution in [0.1, 0.15) is 63.0 Å². The Bertz CT molecular complexity index is 1590. The number of carbonyl (C=O) groups excluding carboxylic acids is 2. The average Bonchev–Trinajstić information content (AvgIpc) is 3.10. The summed E-state index contributed by atoms with van der Waals surface area (Å²) in [6.07, 6.45) is 2.83. The van der Waals surface area contributed by atoms with Crippen molar-refractivity contribution in [1.82, 2.24) is 0 Å². The maximum absolute atomic E-state index is 14.3. The summed E-state index contributed by atoms with van der Waals surface area (Å²) in [5, 5.41) is 11.5. The molecular weight excluding hydrogens is 594 g/mol. The van der Waals surface area contributed by atoms with Crippen LogP contribution in [0.5, 0.6) is 5.75 Å². The summed E-state index contributed by atoms with van der Waals surface area (Å²) in [5.74, 6) is -2.13. The lowest BCUT2D eigenvalue weighted by molar-refractivity contribution is -0.384. The number of carbonyl (C=O) groups is 2. The molecule has 4 aromatic carbocycles. The molecule has 4 aromatic rings. The first-order valence-corrected chi connectivity index (χ1v) is 16.1. The third-order valence-corrected chi connectivity index (χ3v) is 8.62. The molecule has 0 spiro atoms. The van der Waals surface area contributed by atoms with Gasteiger partial charge in [0.2, 0.25) is 0 Å². The fourth-order valence-electron chi connectivity index (χ4n) is 6.17. The van der Waals surface area contributed by atoms with E-state index in [1.54, 1.807) is 12.1 Å². The SMILES string of the molecule is CCCC(CCc1ccccc1)(CC(=O)C(C(=O)OC)C(CC)c1cccc([N+](=O)[O-])c1)OCOc1ccc(-c2ccccc2)cc1. The molecule has 0 aliphatic carbocycles. The summed E-state index contributed by atoms with van der Waals surface area (Å²) in [4.78, 5) is 38.6. The van der Waals surface area contributed by atoms with Crippen LogP contribution in [0.2, 0.25) is 0 Å². The van der Waals surface area contributed by atoms with Gasteiger partial charge in [-0.05, 0) is 60.1 Å². The molecule has 3 atom stereocenters. The van der Waals surface area contributed by atoms with Gasteiger partial charge in [0.1, 0.15) is 11.7 Å². The van der Waals surface area contributed by atoms with Crippen molar-refractivity contribution in [2.75, 3.05) is 13.9 Å². The van der Waals surface area contributed by atoms with Crippen LogP contribution >= 0.6 is 0 Å². The Hall–Kier alpha value is -4.82. The lowest BCUT2D eigenvalue weighted by atomic mass is 9.76. The van der Waals surface area contributed by atoms with Crippen molar-refractivity contribution in [2.24, 2.45) is 5.92 Å². The van der Waals surface area contributed by atoms with Crippen LogP contribution < -0.4 is 4.74 Å². The highest BCUT2D eigenvalue weighted by molar-refractivity contribution is 6.00. The predicted molar refractivity (Wildman–Crippen MR) is 182 cm³/mol. The number of nitro groups is 1. The molecule has 47 heavy (non-hydrogen) atoms. The Morgan fingerprint density at radius 3 is 2.11 bits per heavy atom. The zero-order valence-electron chi connectivity index (χ0n) is 27.3. The third kappa shape index (κ3) is 9.59. The highest BCUT2D eigenvalue weighted by atomic mass is 16.7. The van der Waals surface area contributed by atoms with Gasteiger partial charge < -0.3 is 14.2 Å². The Morgan fingerprint density at radius 2 is 1.49 bits per heavy atom. The van der Waals surface area contributed by atoms with Crippen molar-refractivity contribution < 1.29 is 28.7 Å². The van der Waals surface area contributed by atoms with E-state index in [1.165, 1.54) is 19.2 Å². The minimum absolute atomic E-state index is 0.0465. The first-order chi connectivity index (χ1) is 22.8. The van der Waals surface area contributed by atoms with Gasteiger partial charge in [-0.2, -0.15) is 0 Å². The van der Waals surface area contributed by atoms with Crippen LogP contribution in [0.4, 0.5) is 5.69 Å². The zero-order valence-corrected chi connectivity index (χ0v) is 27.3. The number of nitro benzene ring substituents is 1. The minimum atomic E-state index is -1.16. The second-order valence-electron chi connectivity index (χ2n) is 11.7. The second-order valence-corrected chi connectivity index (χ2v) is 11.7. The summed E-state index contributed by atoms with van der Waals surface area (Å²) >= 11 is 0. The molecule has 8 heteroatoms. The van der Waals surface area contributed by atoms with Gasteiger partial charge >= 0.3 is 5.97 Å². The molecule has 0 aromatic heterocycles. The fraction of sp³-hybridized carbons (Fsp3) is 0.333. The van der Waals surface area contributed by atoms with E-state index in [0.29, 0.717) is 37.0 Å². The molecule has 246 valence electrons. The number of methoxy groups -OCH3 is 1. The molecule has 0 N–H and O–H groups in total. The number of non-ortho nitro benzene ring substituents is 1. The van der Waals surface area contributed by atoms with Crippen molar-refractivity contribution >= 4 is 17.4 Å². The van der Waals surface area contributed by atoms with Crippen molar-refractivity contribution in [1.29, 1.82) is 0 Å². The van der Waals surface area contributed by atoms with Crippen molar-refractivity contribution in [3.63, 3.8) is 0 Å². The van der Waals surface area contributed by atoms with E-state index in [2.05, 4.69) is 0 Å². The number of rotatable bonds is 18. The Labute approximate surface area is 276 Å². The van der Waals surface area contributed by atoms with Gasteiger partial charge in [-0.15, -0.1) is 0 Å². The minimum Gasteiger partial charge on any atom is -0.468 e. The number of hydrogen-bond acceptors (Lipinski definition) is 7. The number of nitrogens with zero attached hydrogens (tertiary/aromatic N) is 1. The van der Waals surface area contributed by atoms with E-state index in [4.69, 9.17) is 14.2 Å². The normalized spacial score (nSPS) is 13.6. The number of ether oxygens (including phenoxy) is 3. The van der Waals surface area contributed by atoms with Gasteiger partial charge in [0.05, 0.1) is 17.6 Å². The highest BCUT2D eigenvalue weighted by Gasteiger charge is 2.41. The smallest absolute Gasteiger partial charge is 0.316 e. The molecule has 4 rings (SSSR count). The predicted octanol–water partition coefficient (Wildman–Crippen LogP) is 8.73. The maximum atomic E-state index is 14.3. The van der Waals surface area contributed by atoms with Crippen LogP contribution in [0.25, 0.3) is 11.1 Å². The van der Waals surface area contributed by atoms with Crippen molar-refractivity contribution in [2.45, 2.75) is 63.9 Å². The van der Waals surface area contributed by atoms with Crippen LogP contribution in [0, 0.1) is 16.0 Å². The first kappa shape index (κ1) is 35.0. The van der Waals surface area contributed by atoms with Crippen molar-refractivity contribution in [3.05, 3.63) is 130 Å². The summed E-state index contributed by atoms with van der Waals surface area (Å²) in [5.41, 5.74) is 2.78. The van der Waals surface area contributed by atoms with Crippen molar-refractivity contribution in [3.8, 4) is 16.9 Å². The molecule has 0 bridgehead atoms. The van der Waals surface area contributed by atoms with E-state index < -0.39 is 28.3 Å². The largest absolute Gasteiger partial charge is 0.468 e. The molecule has 8 nitrogen and oxygen atoms in total. The topological polar surface area (TPSA) is 105 Å². The van der Waals surface area contributed by atoms with Gasteiger partial charge in [0.25, 0.3) is 5.69 Å². The second kappa shape index (κ2) is 17.2. The maximum Gasteiger partial charge on any atom is 0.316 e. The summed E-state index contributed by atoms with van der Waals surface area (Å²) in [7, 11) is 1.25. The number of Topliss-reactive ketones (excluding diaryl/α,β-unsaturated/α-hetero) is 1. The molecule has 3 unspecified atom stereocenters. The summed E-state index contributed by atoms with van der Waals surface area (Å²) < 4.78 is 17.7. The van der Waals surface area contributed by atoms with E-state index in [0.717, 1.165) is 23.1 Å². The van der Waals surface area contributed by atoms with E-state index in [9.17, 15) is 19.7 Å². The number of aryl methyl sites for hydroxylation is 1. The lowest BCUT2D eigenvalue weighted by Crippen LogP contribution is -2.41. The molecule has 0 saturated carbocycles. The molecule has 0 aliphatic heterocycles. The summed E-state index contributed by atoms with van der Waals surface area (Å²) in [6.45, 7) is 3.80. The number of ketones is 1. The fourth-order valence-corrected chi connectivity index (χ4v) is 6.17. The third-order valence-electron chi connectivity index (χ3n) is 8.62. The number of esters is 1. The van der Waals surface area contributed by atoms with Gasteiger partial charge in [-0.3, -0.25) is 19.7 Å². The van der Waals surface area contributed by atoms with Gasteiger partial charge in [-0.1, -0.05) is 105 Å². The van der Waals surface area contributed by atoms with E-state index >= 15 is 0 Å². The molecular formula is C39H43NO7.